The summed E-state index contributed by atoms with van der Waals surface area (Å²) in [4.78, 5) is 20.0. The molecule has 30 heavy (non-hydrogen) atoms. The highest BCUT2D eigenvalue weighted by molar-refractivity contribution is 5.74. The van der Waals surface area contributed by atoms with Crippen LogP contribution in [0.25, 0.3) is 11.1 Å². The molecule has 154 valence electrons. The van der Waals surface area contributed by atoms with E-state index in [2.05, 4.69) is 15.3 Å². The summed E-state index contributed by atoms with van der Waals surface area (Å²) in [5.74, 6) is 1.27. The van der Waals surface area contributed by atoms with Gasteiger partial charge in [0, 0.05) is 28.9 Å². The molecule has 1 aliphatic carbocycles. The molecule has 0 saturated carbocycles. The lowest BCUT2D eigenvalue weighted by Crippen LogP contribution is -2.14. The van der Waals surface area contributed by atoms with Crippen molar-refractivity contribution < 1.29 is 19.0 Å². The van der Waals surface area contributed by atoms with Gasteiger partial charge in [-0.1, -0.05) is 30.3 Å². The Morgan fingerprint density at radius 1 is 1.17 bits per heavy atom. The third kappa shape index (κ3) is 4.25. The maximum Gasteiger partial charge on any atom is 0.511 e. The number of ether oxygens (including phenoxy) is 1. The van der Waals surface area contributed by atoms with E-state index in [1.807, 2.05) is 6.92 Å². The largest absolute Gasteiger partial charge is 0.511 e. The van der Waals surface area contributed by atoms with E-state index in [9.17, 15) is 9.18 Å². The number of carbonyl (C=O) groups is 1. The van der Waals surface area contributed by atoms with Crippen LogP contribution in [0, 0.1) is 12.7 Å². The highest BCUT2D eigenvalue weighted by Gasteiger charge is 2.17. The summed E-state index contributed by atoms with van der Waals surface area (Å²) in [6.45, 7) is 2.16. The van der Waals surface area contributed by atoms with Crippen molar-refractivity contribution in [2.75, 3.05) is 5.32 Å². The maximum absolute atomic E-state index is 14.8. The standard InChI is InChI=1S/C23H22FN3O3/c1-14-26-20-8-4-2-7-18(20)22(27-14)25-13-16-11-10-15(12-19(16)24)17-6-3-5-9-21(17)30-23(28)29/h3,5-6,9-12H,2,4,7-8,13H2,1H3,(H,28,29)(H,25,26,27). The van der Waals surface area contributed by atoms with Crippen molar-refractivity contribution in [3.8, 4) is 16.9 Å². The molecule has 0 aliphatic heterocycles. The van der Waals surface area contributed by atoms with Crippen molar-refractivity contribution in [2.24, 2.45) is 0 Å². The maximum atomic E-state index is 14.8. The van der Waals surface area contributed by atoms with Gasteiger partial charge < -0.3 is 15.2 Å². The van der Waals surface area contributed by atoms with Crippen molar-refractivity contribution in [3.05, 3.63) is 70.9 Å². The molecule has 1 heterocycles. The van der Waals surface area contributed by atoms with E-state index in [0.717, 1.165) is 42.8 Å². The van der Waals surface area contributed by atoms with Crippen LogP contribution in [0.3, 0.4) is 0 Å². The summed E-state index contributed by atoms with van der Waals surface area (Å²) in [5, 5.41) is 12.2. The Bertz CT molecular complexity index is 1100. The number of hydrogen-bond acceptors (Lipinski definition) is 5. The number of fused-ring (bicyclic) bond motifs is 1. The number of halogens is 1. The molecule has 6 nitrogen and oxygen atoms in total. The fourth-order valence-corrected chi connectivity index (χ4v) is 3.79. The molecule has 7 heteroatoms. The van der Waals surface area contributed by atoms with Gasteiger partial charge in [0.1, 0.15) is 23.2 Å². The van der Waals surface area contributed by atoms with E-state index in [4.69, 9.17) is 9.84 Å². The zero-order valence-corrected chi connectivity index (χ0v) is 16.6. The molecule has 0 fully saturated rings. The summed E-state index contributed by atoms with van der Waals surface area (Å²) in [6, 6.07) is 11.5. The predicted molar refractivity (Wildman–Crippen MR) is 111 cm³/mol. The van der Waals surface area contributed by atoms with Crippen LogP contribution in [0.1, 0.15) is 35.5 Å². The lowest BCUT2D eigenvalue weighted by Gasteiger charge is -2.19. The Kier molecular flexibility index (Phi) is 5.61. The number of nitrogens with zero attached hydrogens (tertiary/aromatic N) is 2. The summed E-state index contributed by atoms with van der Waals surface area (Å²) in [5.41, 5.74) is 3.77. The summed E-state index contributed by atoms with van der Waals surface area (Å²) < 4.78 is 19.6. The molecule has 0 bridgehead atoms. The number of para-hydroxylation sites is 1. The predicted octanol–water partition coefficient (Wildman–Crippen LogP) is 5.14. The van der Waals surface area contributed by atoms with Gasteiger partial charge in [-0.05, 0) is 50.3 Å². The van der Waals surface area contributed by atoms with E-state index >= 15 is 0 Å². The van der Waals surface area contributed by atoms with Gasteiger partial charge in [-0.2, -0.15) is 0 Å². The second-order valence-electron chi connectivity index (χ2n) is 7.28. The van der Waals surface area contributed by atoms with Crippen molar-refractivity contribution in [2.45, 2.75) is 39.2 Å². The third-order valence-electron chi connectivity index (χ3n) is 5.19. The molecular formula is C23H22FN3O3. The SMILES string of the molecule is Cc1nc2c(c(NCc3ccc(-c4ccccc4OC(=O)O)cc3F)n1)CCCC2. The van der Waals surface area contributed by atoms with Crippen molar-refractivity contribution in [1.82, 2.24) is 9.97 Å². The lowest BCUT2D eigenvalue weighted by atomic mass is 9.96. The molecule has 0 amide bonds. The molecule has 0 unspecified atom stereocenters. The molecule has 0 saturated heterocycles. The van der Waals surface area contributed by atoms with Crippen LogP contribution in [-0.2, 0) is 19.4 Å². The molecular weight excluding hydrogens is 385 g/mol. The van der Waals surface area contributed by atoms with Crippen LogP contribution in [0.4, 0.5) is 15.0 Å². The number of carboxylic acid groups (broad SMARTS) is 1. The van der Waals surface area contributed by atoms with Crippen molar-refractivity contribution >= 4 is 12.0 Å². The van der Waals surface area contributed by atoms with Gasteiger partial charge in [-0.25, -0.2) is 19.2 Å². The van der Waals surface area contributed by atoms with Crippen LogP contribution in [0.2, 0.25) is 0 Å². The Morgan fingerprint density at radius 2 is 1.97 bits per heavy atom. The topological polar surface area (TPSA) is 84.3 Å². The molecule has 0 spiro atoms. The number of aryl methyl sites for hydroxylation is 2. The highest BCUT2D eigenvalue weighted by atomic mass is 19.1. The van der Waals surface area contributed by atoms with Crippen LogP contribution in [0.5, 0.6) is 5.75 Å². The molecule has 2 aromatic carbocycles. The minimum atomic E-state index is -1.41. The van der Waals surface area contributed by atoms with Gasteiger partial charge in [0.25, 0.3) is 0 Å². The first kappa shape index (κ1) is 19.8. The van der Waals surface area contributed by atoms with Crippen molar-refractivity contribution in [3.63, 3.8) is 0 Å². The smallest absolute Gasteiger partial charge is 0.449 e. The van der Waals surface area contributed by atoms with Gasteiger partial charge in [0.05, 0.1) is 0 Å². The number of hydrogen-bond donors (Lipinski definition) is 2. The summed E-state index contributed by atoms with van der Waals surface area (Å²) in [7, 11) is 0. The number of anilines is 1. The van der Waals surface area contributed by atoms with E-state index in [1.54, 1.807) is 30.3 Å². The monoisotopic (exact) mass is 407 g/mol. The van der Waals surface area contributed by atoms with Gasteiger partial charge in [0.15, 0.2) is 0 Å². The quantitative estimate of drug-likeness (QED) is 0.450. The van der Waals surface area contributed by atoms with Gasteiger partial charge in [-0.3, -0.25) is 0 Å². The molecule has 0 radical (unpaired) electrons. The Balaban J connectivity index is 1.56. The Hall–Kier alpha value is -3.48. The van der Waals surface area contributed by atoms with Crippen molar-refractivity contribution in [1.29, 1.82) is 0 Å². The number of rotatable bonds is 5. The molecule has 0 atom stereocenters. The minimum absolute atomic E-state index is 0.165. The fourth-order valence-electron chi connectivity index (χ4n) is 3.79. The molecule has 4 rings (SSSR count). The molecule has 1 aliphatic rings. The van der Waals surface area contributed by atoms with Gasteiger partial charge >= 0.3 is 6.16 Å². The molecule has 3 aromatic rings. The number of aromatic nitrogens is 2. The lowest BCUT2D eigenvalue weighted by molar-refractivity contribution is 0.144. The first-order valence-corrected chi connectivity index (χ1v) is 9.90. The first-order chi connectivity index (χ1) is 14.5. The molecule has 1 aromatic heterocycles. The highest BCUT2D eigenvalue weighted by Crippen LogP contribution is 2.31. The van der Waals surface area contributed by atoms with Crippen LogP contribution >= 0.6 is 0 Å². The van der Waals surface area contributed by atoms with Gasteiger partial charge in [-0.15, -0.1) is 0 Å². The van der Waals surface area contributed by atoms with E-state index in [1.165, 1.54) is 12.1 Å². The first-order valence-electron chi connectivity index (χ1n) is 9.90. The van der Waals surface area contributed by atoms with Crippen LogP contribution < -0.4 is 10.1 Å². The summed E-state index contributed by atoms with van der Waals surface area (Å²) in [6.07, 6.45) is 2.71. The third-order valence-corrected chi connectivity index (χ3v) is 5.19. The fraction of sp³-hybridized carbons (Fsp3) is 0.261. The second-order valence-corrected chi connectivity index (χ2v) is 7.28. The minimum Gasteiger partial charge on any atom is -0.449 e. The normalized spacial score (nSPS) is 12.9. The number of nitrogens with one attached hydrogen (secondary N) is 1. The van der Waals surface area contributed by atoms with Crippen LogP contribution in [-0.4, -0.2) is 21.2 Å². The van der Waals surface area contributed by atoms with Crippen LogP contribution in [0.15, 0.2) is 42.5 Å². The van der Waals surface area contributed by atoms with E-state index in [0.29, 0.717) is 29.1 Å². The average molecular weight is 407 g/mol. The zero-order chi connectivity index (χ0) is 21.1. The second kappa shape index (κ2) is 8.49. The Morgan fingerprint density at radius 3 is 2.77 bits per heavy atom. The van der Waals surface area contributed by atoms with Gasteiger partial charge in [0.2, 0.25) is 0 Å². The average Bonchev–Trinajstić information content (AvgIpc) is 2.72. The molecule has 2 N–H and O–H groups in total. The number of benzene rings is 2. The van der Waals surface area contributed by atoms with E-state index in [-0.39, 0.29) is 11.6 Å². The zero-order valence-electron chi connectivity index (χ0n) is 16.6. The Labute approximate surface area is 173 Å². The summed E-state index contributed by atoms with van der Waals surface area (Å²) >= 11 is 0. The van der Waals surface area contributed by atoms with E-state index < -0.39 is 6.16 Å².